The van der Waals surface area contributed by atoms with E-state index in [0.29, 0.717) is 29.6 Å². The van der Waals surface area contributed by atoms with E-state index in [2.05, 4.69) is 23.2 Å². The Morgan fingerprint density at radius 1 is 1.06 bits per heavy atom. The van der Waals surface area contributed by atoms with Crippen molar-refractivity contribution in [2.75, 3.05) is 13.2 Å². The predicted molar refractivity (Wildman–Crippen MR) is 129 cm³/mol. The molecule has 8 heteroatoms. The van der Waals surface area contributed by atoms with Crippen LogP contribution < -0.4 is 10.5 Å². The molecular weight excluding hydrogens is 446 g/mol. The molecule has 1 aliphatic heterocycles. The van der Waals surface area contributed by atoms with E-state index < -0.39 is 17.7 Å². The monoisotopic (exact) mass is 469 g/mol. The van der Waals surface area contributed by atoms with Gasteiger partial charge in [0.1, 0.15) is 0 Å². The Morgan fingerprint density at radius 3 is 2.60 bits per heavy atom. The molecule has 0 saturated heterocycles. The van der Waals surface area contributed by atoms with Crippen LogP contribution in [0.5, 0.6) is 5.88 Å². The van der Waals surface area contributed by atoms with Crippen molar-refractivity contribution in [3.05, 3.63) is 83.2 Å². The molecular formula is C27H23N3O5. The predicted octanol–water partition coefficient (Wildman–Crippen LogP) is 3.27. The lowest BCUT2D eigenvalue weighted by Gasteiger charge is -2.24. The first-order valence-electron chi connectivity index (χ1n) is 11.3. The number of benzene rings is 2. The summed E-state index contributed by atoms with van der Waals surface area (Å²) in [6, 6.07) is 18.0. The lowest BCUT2D eigenvalue weighted by molar-refractivity contribution is -0.145. The van der Waals surface area contributed by atoms with Gasteiger partial charge in [-0.15, -0.1) is 0 Å². The van der Waals surface area contributed by atoms with Crippen LogP contribution in [0.3, 0.4) is 0 Å². The van der Waals surface area contributed by atoms with E-state index in [1.165, 1.54) is 0 Å². The van der Waals surface area contributed by atoms with Gasteiger partial charge in [-0.3, -0.25) is 9.59 Å². The van der Waals surface area contributed by atoms with Crippen LogP contribution in [0.25, 0.3) is 22.0 Å². The fraction of sp³-hybridized carbons (Fsp3) is 0.185. The topological polar surface area (TPSA) is 114 Å². The van der Waals surface area contributed by atoms with Crippen molar-refractivity contribution in [2.24, 2.45) is 5.73 Å². The molecule has 0 atom stereocenters. The summed E-state index contributed by atoms with van der Waals surface area (Å²) < 4.78 is 12.6. The maximum atomic E-state index is 13.0. The highest BCUT2D eigenvalue weighted by Gasteiger charge is 2.32. The second-order valence-corrected chi connectivity index (χ2v) is 8.19. The van der Waals surface area contributed by atoms with Crippen molar-refractivity contribution in [1.29, 1.82) is 0 Å². The number of aromatic nitrogens is 2. The number of carbonyl (C=O) groups is 3. The third kappa shape index (κ3) is 3.93. The SMILES string of the molecule is CCOC(=O)COc1nccc2c1c(C(=O)C(N)=O)c1n2Cc2c(cccc2-c2ccccc2)C1. The third-order valence-corrected chi connectivity index (χ3v) is 6.16. The van der Waals surface area contributed by atoms with Crippen molar-refractivity contribution >= 4 is 28.6 Å². The Kier molecular flexibility index (Phi) is 5.78. The minimum Gasteiger partial charge on any atom is -0.465 e. The first-order chi connectivity index (χ1) is 17.0. The lowest BCUT2D eigenvalue weighted by atomic mass is 9.90. The molecule has 0 unspecified atom stereocenters. The van der Waals surface area contributed by atoms with Crippen molar-refractivity contribution in [2.45, 2.75) is 19.9 Å². The molecule has 0 bridgehead atoms. The fourth-order valence-corrected chi connectivity index (χ4v) is 4.70. The minimum atomic E-state index is -1.07. The van der Waals surface area contributed by atoms with Gasteiger partial charge >= 0.3 is 5.97 Å². The van der Waals surface area contributed by atoms with Crippen LogP contribution in [0.4, 0.5) is 0 Å². The molecule has 0 fully saturated rings. The van der Waals surface area contributed by atoms with Crippen molar-refractivity contribution in [3.8, 4) is 17.0 Å². The number of pyridine rings is 1. The summed E-state index contributed by atoms with van der Waals surface area (Å²) in [5, 5.41) is 0.365. The Bertz CT molecular complexity index is 1470. The molecule has 8 nitrogen and oxygen atoms in total. The van der Waals surface area contributed by atoms with Gasteiger partial charge in [0, 0.05) is 24.9 Å². The Morgan fingerprint density at radius 2 is 1.86 bits per heavy atom. The van der Waals surface area contributed by atoms with Gasteiger partial charge in [0.15, 0.2) is 6.61 Å². The van der Waals surface area contributed by atoms with Gasteiger partial charge in [0.2, 0.25) is 5.88 Å². The average Bonchev–Trinajstić information content (AvgIpc) is 3.19. The van der Waals surface area contributed by atoms with Gasteiger partial charge < -0.3 is 19.8 Å². The molecule has 0 aliphatic carbocycles. The van der Waals surface area contributed by atoms with Crippen molar-refractivity contribution in [3.63, 3.8) is 0 Å². The Balaban J connectivity index is 1.67. The van der Waals surface area contributed by atoms with E-state index in [-0.39, 0.29) is 24.7 Å². The molecule has 2 aromatic carbocycles. The van der Waals surface area contributed by atoms with Crippen molar-refractivity contribution in [1.82, 2.24) is 9.55 Å². The standard InChI is InChI=1S/C27H23N3O5/c1-2-34-22(31)15-35-27-24-20(11-12-29-27)30-14-19-17(13-21(30)23(24)25(32)26(28)33)9-6-10-18(19)16-7-4-3-5-8-16/h3-12H,2,13-15H2,1H3,(H2,28,33). The average molecular weight is 469 g/mol. The number of primary amides is 1. The highest BCUT2D eigenvalue weighted by molar-refractivity contribution is 6.45. The smallest absolute Gasteiger partial charge is 0.344 e. The molecule has 3 heterocycles. The summed E-state index contributed by atoms with van der Waals surface area (Å²) in [5.74, 6) is -2.36. The van der Waals surface area contributed by atoms with Gasteiger partial charge in [0.25, 0.3) is 11.7 Å². The summed E-state index contributed by atoms with van der Waals surface area (Å²) in [6.07, 6.45) is 1.98. The zero-order valence-corrected chi connectivity index (χ0v) is 19.1. The summed E-state index contributed by atoms with van der Waals surface area (Å²) in [4.78, 5) is 41.1. The molecule has 176 valence electrons. The molecule has 2 N–H and O–H groups in total. The van der Waals surface area contributed by atoms with Crippen LogP contribution in [0, 0.1) is 0 Å². The number of hydrogen-bond donors (Lipinski definition) is 1. The van der Waals surface area contributed by atoms with Crippen LogP contribution in [0.1, 0.15) is 34.1 Å². The molecule has 1 amide bonds. The molecule has 0 radical (unpaired) electrons. The van der Waals surface area contributed by atoms with E-state index in [1.54, 1.807) is 19.2 Å². The van der Waals surface area contributed by atoms with Crippen LogP contribution in [0.15, 0.2) is 60.8 Å². The summed E-state index contributed by atoms with van der Waals surface area (Å²) in [5.41, 5.74) is 11.3. The van der Waals surface area contributed by atoms with E-state index in [9.17, 15) is 14.4 Å². The van der Waals surface area contributed by atoms with Gasteiger partial charge in [-0.25, -0.2) is 9.78 Å². The molecule has 2 aromatic heterocycles. The molecule has 0 spiro atoms. The number of amides is 1. The summed E-state index contributed by atoms with van der Waals surface area (Å²) in [7, 11) is 0. The molecule has 1 aliphatic rings. The Hall–Kier alpha value is -4.46. The normalized spacial score (nSPS) is 12.0. The molecule has 4 aromatic rings. The zero-order valence-electron chi connectivity index (χ0n) is 19.1. The van der Waals surface area contributed by atoms with Crippen LogP contribution in [-0.2, 0) is 27.3 Å². The maximum absolute atomic E-state index is 13.0. The van der Waals surface area contributed by atoms with Gasteiger partial charge in [0.05, 0.1) is 23.1 Å². The third-order valence-electron chi connectivity index (χ3n) is 6.16. The van der Waals surface area contributed by atoms with Crippen molar-refractivity contribution < 1.29 is 23.9 Å². The number of ether oxygens (including phenoxy) is 2. The Labute approximate surface area is 201 Å². The quantitative estimate of drug-likeness (QED) is 0.222. The minimum absolute atomic E-state index is 0.0781. The van der Waals surface area contributed by atoms with Crippen LogP contribution in [0.2, 0.25) is 0 Å². The number of rotatable bonds is 7. The first-order valence-corrected chi connectivity index (χ1v) is 11.3. The van der Waals surface area contributed by atoms with E-state index in [4.69, 9.17) is 15.2 Å². The van der Waals surface area contributed by atoms with E-state index in [1.807, 2.05) is 34.9 Å². The molecule has 0 saturated carbocycles. The van der Waals surface area contributed by atoms with E-state index in [0.717, 1.165) is 22.3 Å². The summed E-state index contributed by atoms with van der Waals surface area (Å²) in [6.45, 7) is 2.03. The first kappa shape index (κ1) is 22.3. The summed E-state index contributed by atoms with van der Waals surface area (Å²) >= 11 is 0. The van der Waals surface area contributed by atoms with Crippen LogP contribution >= 0.6 is 0 Å². The second-order valence-electron chi connectivity index (χ2n) is 8.19. The number of ketones is 1. The van der Waals surface area contributed by atoms with E-state index >= 15 is 0 Å². The van der Waals surface area contributed by atoms with Crippen LogP contribution in [-0.4, -0.2) is 40.4 Å². The number of nitrogens with two attached hydrogens (primary N) is 1. The zero-order chi connectivity index (χ0) is 24.5. The number of fused-ring (bicyclic) bond motifs is 4. The van der Waals surface area contributed by atoms with Gasteiger partial charge in [-0.1, -0.05) is 48.5 Å². The molecule has 5 rings (SSSR count). The fourth-order valence-electron chi connectivity index (χ4n) is 4.70. The number of hydrogen-bond acceptors (Lipinski definition) is 6. The number of nitrogens with zero attached hydrogens (tertiary/aromatic N) is 2. The highest BCUT2D eigenvalue weighted by atomic mass is 16.6. The lowest BCUT2D eigenvalue weighted by Crippen LogP contribution is -2.25. The second kappa shape index (κ2) is 9.06. The maximum Gasteiger partial charge on any atom is 0.344 e. The highest BCUT2D eigenvalue weighted by Crippen LogP contribution is 2.39. The largest absolute Gasteiger partial charge is 0.465 e. The number of esters is 1. The number of carbonyl (C=O) groups excluding carboxylic acids is 3. The number of Topliss-reactive ketones (excluding diaryl/α,β-unsaturated/α-hetero) is 1. The molecule has 35 heavy (non-hydrogen) atoms. The van der Waals surface area contributed by atoms with Gasteiger partial charge in [-0.2, -0.15) is 0 Å². The van der Waals surface area contributed by atoms with Gasteiger partial charge in [-0.05, 0) is 35.2 Å².